The third kappa shape index (κ3) is 5.20. The lowest BCUT2D eigenvalue weighted by atomic mass is 9.99. The van der Waals surface area contributed by atoms with Crippen molar-refractivity contribution in [1.82, 2.24) is 5.32 Å². The van der Waals surface area contributed by atoms with E-state index in [0.29, 0.717) is 5.11 Å². The highest BCUT2D eigenvalue weighted by Gasteiger charge is 2.16. The quantitative estimate of drug-likeness (QED) is 0.778. The molecule has 1 saturated heterocycles. The molecule has 0 aromatic heterocycles. The third-order valence-electron chi connectivity index (χ3n) is 4.72. The van der Waals surface area contributed by atoms with Gasteiger partial charge < -0.3 is 15.5 Å². The van der Waals surface area contributed by atoms with Crippen LogP contribution in [-0.2, 0) is 6.54 Å². The number of thiocarbonyl (C=S) groups is 1. The minimum atomic E-state index is 0.651. The summed E-state index contributed by atoms with van der Waals surface area (Å²) in [6.07, 6.45) is 2.65. The molecule has 1 fully saturated rings. The first kappa shape index (κ1) is 17.7. The number of rotatable bonds is 4. The molecule has 2 aromatic carbocycles. The van der Waals surface area contributed by atoms with Gasteiger partial charge in [-0.1, -0.05) is 36.8 Å². The normalized spacial score (nSPS) is 17.2. The van der Waals surface area contributed by atoms with E-state index in [1.807, 2.05) is 12.1 Å². The van der Waals surface area contributed by atoms with Crippen molar-refractivity contribution in [3.63, 3.8) is 0 Å². The molecule has 2 aromatic rings. The Labute approximate surface area is 156 Å². The van der Waals surface area contributed by atoms with Gasteiger partial charge in [0.25, 0.3) is 0 Å². The molecule has 0 spiro atoms. The van der Waals surface area contributed by atoms with E-state index in [0.717, 1.165) is 18.2 Å². The lowest BCUT2D eigenvalue weighted by Crippen LogP contribution is -2.34. The summed E-state index contributed by atoms with van der Waals surface area (Å²) in [4.78, 5) is 2.49. The average Bonchev–Trinajstić information content (AvgIpc) is 2.62. The Hall–Kier alpha value is -2.07. The molecule has 2 N–H and O–H groups in total. The molecule has 3 nitrogen and oxygen atoms in total. The monoisotopic (exact) mass is 353 g/mol. The molecule has 4 heteroatoms. The summed E-state index contributed by atoms with van der Waals surface area (Å²) in [7, 11) is 0. The van der Waals surface area contributed by atoms with E-state index in [9.17, 15) is 0 Å². The first-order valence-electron chi connectivity index (χ1n) is 9.05. The number of hydrogen-bond acceptors (Lipinski definition) is 2. The van der Waals surface area contributed by atoms with Gasteiger partial charge in [-0.05, 0) is 67.7 Å². The Kier molecular flexibility index (Phi) is 5.92. The summed E-state index contributed by atoms with van der Waals surface area (Å²) in [6.45, 7) is 7.49. The summed E-state index contributed by atoms with van der Waals surface area (Å²) >= 11 is 5.38. The van der Waals surface area contributed by atoms with E-state index in [4.69, 9.17) is 12.2 Å². The maximum absolute atomic E-state index is 5.38. The second-order valence-corrected chi connectivity index (χ2v) is 7.44. The lowest BCUT2D eigenvalue weighted by molar-refractivity contribution is 0.447. The molecule has 1 aliphatic rings. The molecule has 0 aliphatic carbocycles. The predicted molar refractivity (Wildman–Crippen MR) is 111 cm³/mol. The van der Waals surface area contributed by atoms with Crippen LogP contribution in [0.1, 0.15) is 30.9 Å². The van der Waals surface area contributed by atoms with Crippen molar-refractivity contribution in [3.8, 4) is 0 Å². The largest absolute Gasteiger partial charge is 0.371 e. The smallest absolute Gasteiger partial charge is 0.171 e. The Bertz CT molecular complexity index is 694. The van der Waals surface area contributed by atoms with Gasteiger partial charge in [0, 0.05) is 31.0 Å². The topological polar surface area (TPSA) is 27.3 Å². The summed E-state index contributed by atoms with van der Waals surface area (Å²) in [5, 5.41) is 7.14. The Balaban J connectivity index is 1.49. The van der Waals surface area contributed by atoms with Crippen LogP contribution < -0.4 is 15.5 Å². The summed E-state index contributed by atoms with van der Waals surface area (Å²) in [5.74, 6) is 0.792. The van der Waals surface area contributed by atoms with Gasteiger partial charge in [-0.25, -0.2) is 0 Å². The number of nitrogens with one attached hydrogen (secondary N) is 2. The average molecular weight is 354 g/mol. The van der Waals surface area contributed by atoms with Crippen LogP contribution >= 0.6 is 12.2 Å². The van der Waals surface area contributed by atoms with Crippen LogP contribution in [-0.4, -0.2) is 18.2 Å². The Morgan fingerprint density at radius 1 is 1.12 bits per heavy atom. The van der Waals surface area contributed by atoms with Crippen LogP contribution in [0.4, 0.5) is 11.4 Å². The highest BCUT2D eigenvalue weighted by molar-refractivity contribution is 7.80. The SMILES string of the molecule is Cc1ccc(NC(=S)NCc2ccc(N3CCCC(C)C3)cc2)cc1. The molecule has 1 aliphatic heterocycles. The maximum Gasteiger partial charge on any atom is 0.171 e. The molecular formula is C21H27N3S. The molecule has 1 atom stereocenters. The van der Waals surface area contributed by atoms with Gasteiger partial charge in [-0.3, -0.25) is 0 Å². The number of hydrogen-bond donors (Lipinski definition) is 2. The van der Waals surface area contributed by atoms with E-state index in [2.05, 4.69) is 65.8 Å². The van der Waals surface area contributed by atoms with E-state index in [-0.39, 0.29) is 0 Å². The predicted octanol–water partition coefficient (Wildman–Crippen LogP) is 4.72. The standard InChI is InChI=1S/C21H27N3S/c1-16-5-9-19(10-6-16)23-21(25)22-14-18-7-11-20(12-8-18)24-13-3-4-17(2)15-24/h5-12,17H,3-4,13-15H2,1-2H3,(H2,22,23,25). The van der Waals surface area contributed by atoms with Crippen LogP contribution in [0, 0.1) is 12.8 Å². The fourth-order valence-corrected chi connectivity index (χ4v) is 3.43. The molecular weight excluding hydrogens is 326 g/mol. The van der Waals surface area contributed by atoms with Gasteiger partial charge in [-0.15, -0.1) is 0 Å². The van der Waals surface area contributed by atoms with Crippen LogP contribution in [0.2, 0.25) is 0 Å². The number of piperidine rings is 1. The maximum atomic E-state index is 5.38. The van der Waals surface area contributed by atoms with Gasteiger partial charge >= 0.3 is 0 Å². The molecule has 1 heterocycles. The summed E-state index contributed by atoms with van der Waals surface area (Å²) in [6, 6.07) is 17.1. The zero-order valence-corrected chi connectivity index (χ0v) is 15.9. The molecule has 132 valence electrons. The van der Waals surface area contributed by atoms with Crippen molar-refractivity contribution in [2.24, 2.45) is 5.92 Å². The minimum absolute atomic E-state index is 0.651. The molecule has 0 bridgehead atoms. The molecule has 25 heavy (non-hydrogen) atoms. The van der Waals surface area contributed by atoms with Crippen molar-refractivity contribution in [1.29, 1.82) is 0 Å². The third-order valence-corrected chi connectivity index (χ3v) is 4.97. The number of benzene rings is 2. The van der Waals surface area contributed by atoms with Crippen molar-refractivity contribution >= 4 is 28.7 Å². The molecule has 0 saturated carbocycles. The van der Waals surface area contributed by atoms with E-state index in [1.54, 1.807) is 0 Å². The van der Waals surface area contributed by atoms with Gasteiger partial charge in [0.1, 0.15) is 0 Å². The molecule has 1 unspecified atom stereocenters. The van der Waals surface area contributed by atoms with Gasteiger partial charge in [-0.2, -0.15) is 0 Å². The van der Waals surface area contributed by atoms with Crippen molar-refractivity contribution in [2.45, 2.75) is 33.2 Å². The van der Waals surface area contributed by atoms with Crippen LogP contribution in [0.25, 0.3) is 0 Å². The first-order valence-corrected chi connectivity index (χ1v) is 9.46. The van der Waals surface area contributed by atoms with Gasteiger partial charge in [0.15, 0.2) is 5.11 Å². The Morgan fingerprint density at radius 3 is 2.52 bits per heavy atom. The van der Waals surface area contributed by atoms with Crippen molar-refractivity contribution < 1.29 is 0 Å². The highest BCUT2D eigenvalue weighted by atomic mass is 32.1. The zero-order valence-electron chi connectivity index (χ0n) is 15.1. The van der Waals surface area contributed by atoms with Gasteiger partial charge in [0.2, 0.25) is 0 Å². The number of anilines is 2. The van der Waals surface area contributed by atoms with Crippen molar-refractivity contribution in [2.75, 3.05) is 23.3 Å². The fourth-order valence-electron chi connectivity index (χ4n) is 3.24. The molecule has 0 radical (unpaired) electrons. The lowest BCUT2D eigenvalue weighted by Gasteiger charge is -2.32. The minimum Gasteiger partial charge on any atom is -0.371 e. The van der Waals surface area contributed by atoms with Crippen LogP contribution in [0.3, 0.4) is 0 Å². The van der Waals surface area contributed by atoms with Crippen molar-refractivity contribution in [3.05, 3.63) is 59.7 Å². The second kappa shape index (κ2) is 8.34. The highest BCUT2D eigenvalue weighted by Crippen LogP contribution is 2.23. The van der Waals surface area contributed by atoms with E-state index in [1.165, 1.54) is 42.7 Å². The zero-order chi connectivity index (χ0) is 17.6. The Morgan fingerprint density at radius 2 is 1.84 bits per heavy atom. The number of aryl methyl sites for hydroxylation is 1. The van der Waals surface area contributed by atoms with E-state index < -0.39 is 0 Å². The molecule has 3 rings (SSSR count). The summed E-state index contributed by atoms with van der Waals surface area (Å²) in [5.41, 5.74) is 4.82. The van der Waals surface area contributed by atoms with Gasteiger partial charge in [0.05, 0.1) is 0 Å². The van der Waals surface area contributed by atoms with E-state index >= 15 is 0 Å². The number of nitrogens with zero attached hydrogens (tertiary/aromatic N) is 1. The van der Waals surface area contributed by atoms with Crippen LogP contribution in [0.15, 0.2) is 48.5 Å². The summed E-state index contributed by atoms with van der Waals surface area (Å²) < 4.78 is 0. The van der Waals surface area contributed by atoms with Crippen LogP contribution in [0.5, 0.6) is 0 Å². The molecule has 0 amide bonds. The first-order chi connectivity index (χ1) is 12.1. The fraction of sp³-hybridized carbons (Fsp3) is 0.381. The second-order valence-electron chi connectivity index (χ2n) is 7.03.